The van der Waals surface area contributed by atoms with Crippen LogP contribution in [-0.2, 0) is 0 Å². The van der Waals surface area contributed by atoms with Gasteiger partial charge >= 0.3 is 0 Å². The Bertz CT molecular complexity index is 440. The average molecular weight is 341 g/mol. The third kappa shape index (κ3) is 3.96. The zero-order valence-electron chi connectivity index (χ0n) is 12.7. The molecule has 112 valence electrons. The van der Waals surface area contributed by atoms with E-state index in [9.17, 15) is 0 Å². The van der Waals surface area contributed by atoms with E-state index in [0.717, 1.165) is 42.9 Å². The first kappa shape index (κ1) is 15.8. The van der Waals surface area contributed by atoms with Crippen molar-refractivity contribution < 1.29 is 4.74 Å². The number of hydrogen-bond donors (Lipinski definition) is 1. The van der Waals surface area contributed by atoms with Gasteiger partial charge in [-0.25, -0.2) is 0 Å². The highest BCUT2D eigenvalue weighted by Crippen LogP contribution is 2.23. The smallest absolute Gasteiger partial charge is 0.120 e. The van der Waals surface area contributed by atoms with E-state index in [1.165, 1.54) is 0 Å². The highest BCUT2D eigenvalue weighted by molar-refractivity contribution is 9.10. The number of piperazine rings is 1. The van der Waals surface area contributed by atoms with Crippen LogP contribution in [0.1, 0.15) is 27.2 Å². The molecule has 1 fully saturated rings. The summed E-state index contributed by atoms with van der Waals surface area (Å²) in [5.41, 5.74) is 0.243. The first-order chi connectivity index (χ1) is 9.53. The number of nitrogens with zero attached hydrogens (tertiary/aromatic N) is 1. The van der Waals surface area contributed by atoms with Crippen LogP contribution >= 0.6 is 15.9 Å². The van der Waals surface area contributed by atoms with Crippen LogP contribution in [0.25, 0.3) is 0 Å². The minimum absolute atomic E-state index is 0.243. The summed E-state index contributed by atoms with van der Waals surface area (Å²) in [5, 5.41) is 3.58. The quantitative estimate of drug-likeness (QED) is 0.889. The van der Waals surface area contributed by atoms with Gasteiger partial charge in [0.1, 0.15) is 12.4 Å². The monoisotopic (exact) mass is 340 g/mol. The van der Waals surface area contributed by atoms with Gasteiger partial charge < -0.3 is 10.1 Å². The van der Waals surface area contributed by atoms with Gasteiger partial charge in [0.15, 0.2) is 0 Å². The molecule has 2 unspecified atom stereocenters. The summed E-state index contributed by atoms with van der Waals surface area (Å²) < 4.78 is 6.93. The molecule has 1 aliphatic heterocycles. The first-order valence-corrected chi connectivity index (χ1v) is 8.19. The predicted octanol–water partition coefficient (Wildman–Crippen LogP) is 3.29. The van der Waals surface area contributed by atoms with Crippen LogP contribution < -0.4 is 10.1 Å². The topological polar surface area (TPSA) is 24.5 Å². The summed E-state index contributed by atoms with van der Waals surface area (Å²) in [6, 6.07) is 8.59. The van der Waals surface area contributed by atoms with Crippen molar-refractivity contribution in [3.63, 3.8) is 0 Å². The van der Waals surface area contributed by atoms with Crippen molar-refractivity contribution in [1.82, 2.24) is 10.2 Å². The van der Waals surface area contributed by atoms with Crippen molar-refractivity contribution in [1.29, 1.82) is 0 Å². The van der Waals surface area contributed by atoms with Gasteiger partial charge in [-0.2, -0.15) is 0 Å². The predicted molar refractivity (Wildman–Crippen MR) is 87.4 cm³/mol. The van der Waals surface area contributed by atoms with Crippen LogP contribution in [0.2, 0.25) is 0 Å². The minimum Gasteiger partial charge on any atom is -0.492 e. The van der Waals surface area contributed by atoms with Gasteiger partial charge in [-0.05, 0) is 38.5 Å². The molecule has 0 radical (unpaired) electrons. The number of hydrogen-bond acceptors (Lipinski definition) is 3. The van der Waals surface area contributed by atoms with Crippen LogP contribution in [0.15, 0.2) is 28.7 Å². The van der Waals surface area contributed by atoms with Gasteiger partial charge in [-0.3, -0.25) is 4.90 Å². The maximum atomic E-state index is 5.87. The number of ether oxygens (including phenoxy) is 1. The Labute approximate surface area is 130 Å². The van der Waals surface area contributed by atoms with Crippen molar-refractivity contribution in [3.05, 3.63) is 28.7 Å². The summed E-state index contributed by atoms with van der Waals surface area (Å²) in [5.74, 6) is 0.931. The Morgan fingerprint density at radius 1 is 1.50 bits per heavy atom. The highest BCUT2D eigenvalue weighted by Gasteiger charge is 2.34. The first-order valence-electron chi connectivity index (χ1n) is 7.40. The van der Waals surface area contributed by atoms with Crippen molar-refractivity contribution >= 4 is 15.9 Å². The van der Waals surface area contributed by atoms with Crippen molar-refractivity contribution in [2.75, 3.05) is 26.2 Å². The van der Waals surface area contributed by atoms with E-state index in [0.29, 0.717) is 6.04 Å². The van der Waals surface area contributed by atoms with E-state index in [1.807, 2.05) is 24.3 Å². The number of nitrogens with one attached hydrogen (secondary N) is 1. The molecule has 3 nitrogen and oxygen atoms in total. The molecule has 20 heavy (non-hydrogen) atoms. The summed E-state index contributed by atoms with van der Waals surface area (Å²) in [4.78, 5) is 2.56. The highest BCUT2D eigenvalue weighted by atomic mass is 79.9. The van der Waals surface area contributed by atoms with Gasteiger partial charge in [-0.1, -0.05) is 28.9 Å². The van der Waals surface area contributed by atoms with E-state index >= 15 is 0 Å². The molecule has 1 aliphatic rings. The summed E-state index contributed by atoms with van der Waals surface area (Å²) in [6.45, 7) is 10.7. The molecular weight excluding hydrogens is 316 g/mol. The maximum Gasteiger partial charge on any atom is 0.120 e. The molecule has 0 bridgehead atoms. The zero-order chi connectivity index (χ0) is 14.6. The van der Waals surface area contributed by atoms with E-state index in [-0.39, 0.29) is 5.54 Å². The second-order valence-corrected chi connectivity index (χ2v) is 6.80. The summed E-state index contributed by atoms with van der Waals surface area (Å²) in [7, 11) is 0. The fraction of sp³-hybridized carbons (Fsp3) is 0.625. The Balaban J connectivity index is 1.88. The van der Waals surface area contributed by atoms with Crippen LogP contribution in [0, 0.1) is 0 Å². The number of rotatable bonds is 5. The molecular formula is C16H25BrN2O. The average Bonchev–Trinajstić information content (AvgIpc) is 2.43. The fourth-order valence-corrected chi connectivity index (χ4v) is 3.04. The number of benzene rings is 1. The van der Waals surface area contributed by atoms with E-state index < -0.39 is 0 Å². The zero-order valence-corrected chi connectivity index (χ0v) is 14.2. The maximum absolute atomic E-state index is 5.87. The second kappa shape index (κ2) is 6.92. The lowest BCUT2D eigenvalue weighted by Gasteiger charge is -2.47. The molecule has 1 saturated heterocycles. The number of halogens is 1. The Hall–Kier alpha value is -0.580. The largest absolute Gasteiger partial charge is 0.492 e. The molecule has 1 heterocycles. The van der Waals surface area contributed by atoms with Gasteiger partial charge in [0.2, 0.25) is 0 Å². The normalized spacial score (nSPS) is 27.5. The minimum atomic E-state index is 0.243. The van der Waals surface area contributed by atoms with E-state index in [2.05, 4.69) is 46.9 Å². The van der Waals surface area contributed by atoms with Gasteiger partial charge in [0.05, 0.1) is 0 Å². The van der Waals surface area contributed by atoms with Crippen molar-refractivity contribution in [2.24, 2.45) is 0 Å². The molecule has 2 rings (SSSR count). The molecule has 1 aromatic carbocycles. The molecule has 1 aromatic rings. The SMILES string of the molecule is CCC1(C)CNC(C)CN1CCOc1cccc(Br)c1. The molecule has 0 amide bonds. The van der Waals surface area contributed by atoms with Crippen LogP contribution in [0.4, 0.5) is 0 Å². The lowest BCUT2D eigenvalue weighted by atomic mass is 9.92. The second-order valence-electron chi connectivity index (χ2n) is 5.88. The Kier molecular flexibility index (Phi) is 5.47. The lowest BCUT2D eigenvalue weighted by molar-refractivity contribution is 0.0408. The molecule has 0 aromatic heterocycles. The van der Waals surface area contributed by atoms with Gasteiger partial charge in [-0.15, -0.1) is 0 Å². The van der Waals surface area contributed by atoms with E-state index in [4.69, 9.17) is 4.74 Å². The van der Waals surface area contributed by atoms with Crippen molar-refractivity contribution in [2.45, 2.75) is 38.8 Å². The molecule has 4 heteroatoms. The van der Waals surface area contributed by atoms with Gasteiger partial charge in [0.25, 0.3) is 0 Å². The Morgan fingerprint density at radius 2 is 2.30 bits per heavy atom. The lowest BCUT2D eigenvalue weighted by Crippen LogP contribution is -2.63. The molecule has 0 saturated carbocycles. The van der Waals surface area contributed by atoms with Crippen molar-refractivity contribution in [3.8, 4) is 5.75 Å². The third-order valence-corrected chi connectivity index (χ3v) is 4.77. The van der Waals surface area contributed by atoms with Gasteiger partial charge in [0, 0.05) is 35.7 Å². The molecule has 0 spiro atoms. The fourth-order valence-electron chi connectivity index (χ4n) is 2.66. The molecule has 0 aliphatic carbocycles. The van der Waals surface area contributed by atoms with E-state index in [1.54, 1.807) is 0 Å². The summed E-state index contributed by atoms with van der Waals surface area (Å²) in [6.07, 6.45) is 1.16. The van der Waals surface area contributed by atoms with Crippen LogP contribution in [0.3, 0.4) is 0 Å². The standard InChI is InChI=1S/C16H25BrN2O/c1-4-16(3)12-18-13(2)11-19(16)8-9-20-15-7-5-6-14(17)10-15/h5-7,10,13,18H,4,8-9,11-12H2,1-3H3. The van der Waals surface area contributed by atoms with Crippen LogP contribution in [0.5, 0.6) is 5.75 Å². The van der Waals surface area contributed by atoms with Crippen LogP contribution in [-0.4, -0.2) is 42.7 Å². The molecule has 1 N–H and O–H groups in total. The molecule has 2 atom stereocenters. The Morgan fingerprint density at radius 3 is 3.00 bits per heavy atom. The summed E-state index contributed by atoms with van der Waals surface area (Å²) >= 11 is 3.47. The third-order valence-electron chi connectivity index (χ3n) is 4.28.